The van der Waals surface area contributed by atoms with Gasteiger partial charge in [-0.25, -0.2) is 18.4 Å². The van der Waals surface area contributed by atoms with E-state index in [2.05, 4.69) is 25.6 Å². The predicted molar refractivity (Wildman–Crippen MR) is 118 cm³/mol. The summed E-state index contributed by atoms with van der Waals surface area (Å²) in [5.74, 6) is 0.539. The van der Waals surface area contributed by atoms with Gasteiger partial charge in [-0.2, -0.15) is 18.2 Å². The lowest BCUT2D eigenvalue weighted by atomic mass is 10.2. The van der Waals surface area contributed by atoms with Crippen molar-refractivity contribution in [3.05, 3.63) is 53.9 Å². The van der Waals surface area contributed by atoms with Gasteiger partial charge in [0.25, 0.3) is 0 Å². The Morgan fingerprint density at radius 2 is 1.91 bits per heavy atom. The normalized spacial score (nSPS) is 13.0. The number of nitrogens with one attached hydrogen (secondary N) is 2. The van der Waals surface area contributed by atoms with Crippen LogP contribution < -0.4 is 24.4 Å². The van der Waals surface area contributed by atoms with Crippen LogP contribution in [0.15, 0.2) is 42.7 Å². The van der Waals surface area contributed by atoms with Gasteiger partial charge in [0.15, 0.2) is 11.5 Å². The van der Waals surface area contributed by atoms with Crippen LogP contribution in [0.2, 0.25) is 0 Å². The Hall–Kier alpha value is -3.81. The molecule has 34 heavy (non-hydrogen) atoms. The summed E-state index contributed by atoms with van der Waals surface area (Å²) < 4.78 is 76.0. The van der Waals surface area contributed by atoms with Crippen LogP contribution in [0, 0.1) is 0 Å². The van der Waals surface area contributed by atoms with Gasteiger partial charge in [-0.1, -0.05) is 6.07 Å². The van der Waals surface area contributed by atoms with Crippen LogP contribution in [0.25, 0.3) is 0 Å². The van der Waals surface area contributed by atoms with E-state index in [-0.39, 0.29) is 25.1 Å². The Morgan fingerprint density at radius 3 is 2.65 bits per heavy atom. The first-order valence-corrected chi connectivity index (χ1v) is 11.6. The smallest absolute Gasteiger partial charge is 0.421 e. The van der Waals surface area contributed by atoms with Gasteiger partial charge in [0.2, 0.25) is 22.8 Å². The number of hydrogen-bond donors (Lipinski definition) is 2. The largest absolute Gasteiger partial charge is 0.454 e. The molecular weight excluding hydrogens is 477 g/mol. The Balaban J connectivity index is 1.61. The summed E-state index contributed by atoms with van der Waals surface area (Å²) in [7, 11) is -2.32. The molecule has 3 aromatic rings. The monoisotopic (exact) mass is 496 g/mol. The molecule has 4 rings (SSSR count). The fourth-order valence-electron chi connectivity index (χ4n) is 3.08. The SMILES string of the molecule is CN(c1ncccc1CNc1nc(Nc2ccc3c(c2)OCO3)ncc1C(F)(F)F)S(C)(=O)=O. The van der Waals surface area contributed by atoms with E-state index in [9.17, 15) is 21.6 Å². The Morgan fingerprint density at radius 1 is 1.15 bits per heavy atom. The number of hydrogen-bond acceptors (Lipinski definition) is 9. The Labute approximate surface area is 192 Å². The maximum Gasteiger partial charge on any atom is 0.421 e. The van der Waals surface area contributed by atoms with E-state index >= 15 is 0 Å². The highest BCUT2D eigenvalue weighted by Crippen LogP contribution is 2.36. The molecule has 0 saturated carbocycles. The summed E-state index contributed by atoms with van der Waals surface area (Å²) in [5.41, 5.74) is -0.239. The first kappa shape index (κ1) is 23.4. The van der Waals surface area contributed by atoms with E-state index in [1.54, 1.807) is 30.3 Å². The zero-order valence-electron chi connectivity index (χ0n) is 17.9. The molecule has 14 heteroatoms. The van der Waals surface area contributed by atoms with E-state index in [0.717, 1.165) is 10.6 Å². The molecule has 0 unspecified atom stereocenters. The van der Waals surface area contributed by atoms with Gasteiger partial charge in [0, 0.05) is 43.3 Å². The minimum atomic E-state index is -4.72. The molecular formula is C20H19F3N6O4S. The summed E-state index contributed by atoms with van der Waals surface area (Å²) in [4.78, 5) is 11.8. The number of anilines is 4. The number of fused-ring (bicyclic) bond motifs is 1. The number of aromatic nitrogens is 3. The molecule has 3 heterocycles. The van der Waals surface area contributed by atoms with Gasteiger partial charge in [-0.15, -0.1) is 0 Å². The van der Waals surface area contributed by atoms with Crippen LogP contribution in [-0.2, 0) is 22.7 Å². The van der Waals surface area contributed by atoms with Crippen molar-refractivity contribution in [1.82, 2.24) is 15.0 Å². The van der Waals surface area contributed by atoms with Crippen LogP contribution in [0.3, 0.4) is 0 Å². The third-order valence-electron chi connectivity index (χ3n) is 4.83. The second kappa shape index (κ2) is 8.85. The third-order valence-corrected chi connectivity index (χ3v) is 6.00. The molecule has 10 nitrogen and oxygen atoms in total. The van der Waals surface area contributed by atoms with Crippen LogP contribution in [0.4, 0.5) is 36.4 Å². The molecule has 2 N–H and O–H groups in total. The van der Waals surface area contributed by atoms with Crippen LogP contribution >= 0.6 is 0 Å². The lowest BCUT2D eigenvalue weighted by Gasteiger charge is -2.20. The molecule has 1 aromatic carbocycles. The molecule has 180 valence electrons. The third kappa shape index (κ3) is 5.06. The van der Waals surface area contributed by atoms with Gasteiger partial charge in [-0.05, 0) is 18.2 Å². The number of halogens is 3. The minimum absolute atomic E-state index is 0.0779. The average molecular weight is 496 g/mol. The quantitative estimate of drug-likeness (QED) is 0.507. The number of rotatable bonds is 7. The molecule has 0 radical (unpaired) electrons. The van der Waals surface area contributed by atoms with Crippen molar-refractivity contribution in [1.29, 1.82) is 0 Å². The molecule has 0 spiro atoms. The molecule has 0 aliphatic carbocycles. The average Bonchev–Trinajstić information content (AvgIpc) is 3.24. The van der Waals surface area contributed by atoms with Crippen molar-refractivity contribution < 1.29 is 31.1 Å². The lowest BCUT2D eigenvalue weighted by molar-refractivity contribution is -0.137. The molecule has 0 bridgehead atoms. The topological polar surface area (TPSA) is 119 Å². The highest BCUT2D eigenvalue weighted by molar-refractivity contribution is 7.92. The predicted octanol–water partition coefficient (Wildman–Crippen LogP) is 3.37. The number of ether oxygens (including phenoxy) is 2. The van der Waals surface area contributed by atoms with Crippen molar-refractivity contribution >= 4 is 33.3 Å². The number of pyridine rings is 1. The lowest BCUT2D eigenvalue weighted by Crippen LogP contribution is -2.27. The Bertz CT molecular complexity index is 1320. The fourth-order valence-corrected chi connectivity index (χ4v) is 3.55. The number of sulfonamides is 1. The fraction of sp³-hybridized carbons (Fsp3) is 0.250. The highest BCUT2D eigenvalue weighted by Gasteiger charge is 2.35. The van der Waals surface area contributed by atoms with Gasteiger partial charge in [-0.3, -0.25) is 4.31 Å². The van der Waals surface area contributed by atoms with Gasteiger partial charge in [0.05, 0.1) is 6.26 Å². The second-order valence-electron chi connectivity index (χ2n) is 7.22. The standard InChI is InChI=1S/C20H19F3N6O4S/c1-29(34(2,30)31)18-12(4-3-7-24-18)9-25-17-14(20(21,22)23)10-26-19(28-17)27-13-5-6-15-16(8-13)33-11-32-15/h3-8,10H,9,11H2,1-2H3,(H2,25,26,27,28). The summed E-state index contributed by atoms with van der Waals surface area (Å²) >= 11 is 0. The first-order chi connectivity index (χ1) is 16.0. The molecule has 0 fully saturated rings. The maximum atomic E-state index is 13.6. The zero-order valence-corrected chi connectivity index (χ0v) is 18.7. The zero-order chi connectivity index (χ0) is 24.5. The molecule has 2 aromatic heterocycles. The molecule has 0 atom stereocenters. The molecule has 0 amide bonds. The van der Waals surface area contributed by atoms with Crippen molar-refractivity contribution in [2.45, 2.75) is 12.7 Å². The van der Waals surface area contributed by atoms with E-state index in [1.165, 1.54) is 13.2 Å². The van der Waals surface area contributed by atoms with Gasteiger partial charge >= 0.3 is 6.18 Å². The van der Waals surface area contributed by atoms with Crippen molar-refractivity contribution in [2.24, 2.45) is 0 Å². The molecule has 1 aliphatic heterocycles. The number of alkyl halides is 3. The van der Waals surface area contributed by atoms with Crippen molar-refractivity contribution in [3.63, 3.8) is 0 Å². The van der Waals surface area contributed by atoms with Gasteiger partial charge in [0.1, 0.15) is 17.2 Å². The molecule has 0 saturated heterocycles. The van der Waals surface area contributed by atoms with Crippen LogP contribution in [-0.4, -0.2) is 43.5 Å². The summed E-state index contributed by atoms with van der Waals surface area (Å²) in [6.07, 6.45) is -1.67. The minimum Gasteiger partial charge on any atom is -0.454 e. The number of benzene rings is 1. The maximum absolute atomic E-state index is 13.6. The summed E-state index contributed by atoms with van der Waals surface area (Å²) in [5, 5.41) is 5.47. The van der Waals surface area contributed by atoms with Crippen LogP contribution in [0.5, 0.6) is 11.5 Å². The Kier molecular flexibility index (Phi) is 6.08. The summed E-state index contributed by atoms with van der Waals surface area (Å²) in [6.45, 7) is -0.0962. The van der Waals surface area contributed by atoms with Crippen molar-refractivity contribution in [2.75, 3.05) is 35.0 Å². The van der Waals surface area contributed by atoms with E-state index < -0.39 is 27.6 Å². The summed E-state index contributed by atoms with van der Waals surface area (Å²) in [6, 6.07) is 8.01. The number of nitrogens with zero attached hydrogens (tertiary/aromatic N) is 4. The van der Waals surface area contributed by atoms with Crippen LogP contribution in [0.1, 0.15) is 11.1 Å². The first-order valence-electron chi connectivity index (χ1n) is 9.75. The highest BCUT2D eigenvalue weighted by atomic mass is 32.2. The van der Waals surface area contributed by atoms with Crippen molar-refractivity contribution in [3.8, 4) is 11.5 Å². The molecule has 1 aliphatic rings. The van der Waals surface area contributed by atoms with E-state index in [0.29, 0.717) is 28.9 Å². The van der Waals surface area contributed by atoms with E-state index in [4.69, 9.17) is 9.47 Å². The van der Waals surface area contributed by atoms with E-state index in [1.807, 2.05) is 0 Å². The second-order valence-corrected chi connectivity index (χ2v) is 9.23. The van der Waals surface area contributed by atoms with Gasteiger partial charge < -0.3 is 20.1 Å².